The molecule has 1 aliphatic rings. The second-order valence-corrected chi connectivity index (χ2v) is 6.44. The highest BCUT2D eigenvalue weighted by molar-refractivity contribution is 6.06. The minimum atomic E-state index is -0.780. The number of nitrogens with one attached hydrogen (secondary N) is 3. The lowest BCUT2D eigenvalue weighted by atomic mass is 9.94. The second kappa shape index (κ2) is 8.52. The minimum absolute atomic E-state index is 0.0872. The van der Waals surface area contributed by atoms with E-state index in [0.717, 1.165) is 0 Å². The zero-order valence-electron chi connectivity index (χ0n) is 16.5. The fraction of sp³-hybridized carbons (Fsp3) is 0.200. The summed E-state index contributed by atoms with van der Waals surface area (Å²) in [5, 5.41) is 18.8. The van der Waals surface area contributed by atoms with Crippen LogP contribution >= 0.6 is 0 Å². The summed E-state index contributed by atoms with van der Waals surface area (Å²) in [5.41, 5.74) is 1.51. The fourth-order valence-electron chi connectivity index (χ4n) is 3.15. The monoisotopic (exact) mass is 412 g/mol. The van der Waals surface area contributed by atoms with Crippen molar-refractivity contribution >= 4 is 23.3 Å². The first-order chi connectivity index (χ1) is 14.3. The zero-order valence-corrected chi connectivity index (χ0v) is 16.5. The minimum Gasteiger partial charge on any atom is -0.497 e. The maximum absolute atomic E-state index is 13.1. The summed E-state index contributed by atoms with van der Waals surface area (Å²) < 4.78 is 10.6. The molecular formula is C20H20N4O6. The quantitative estimate of drug-likeness (QED) is 0.494. The Morgan fingerprint density at radius 3 is 2.43 bits per heavy atom. The number of ether oxygens (including phenoxy) is 2. The number of carbonyl (C=O) groups is 2. The summed E-state index contributed by atoms with van der Waals surface area (Å²) >= 11 is 0. The van der Waals surface area contributed by atoms with Crippen molar-refractivity contribution in [2.75, 3.05) is 19.5 Å². The van der Waals surface area contributed by atoms with Gasteiger partial charge in [-0.3, -0.25) is 14.9 Å². The van der Waals surface area contributed by atoms with E-state index in [1.165, 1.54) is 38.5 Å². The molecule has 30 heavy (non-hydrogen) atoms. The van der Waals surface area contributed by atoms with Crippen LogP contribution in [0, 0.1) is 10.1 Å². The van der Waals surface area contributed by atoms with Crippen LogP contribution in [-0.2, 0) is 4.79 Å². The van der Waals surface area contributed by atoms with Gasteiger partial charge in [0, 0.05) is 35.1 Å². The van der Waals surface area contributed by atoms with Crippen LogP contribution in [0.5, 0.6) is 11.5 Å². The van der Waals surface area contributed by atoms with Gasteiger partial charge in [-0.05, 0) is 31.2 Å². The molecule has 10 heteroatoms. The van der Waals surface area contributed by atoms with E-state index in [4.69, 9.17) is 9.47 Å². The molecule has 3 rings (SSSR count). The molecule has 2 aromatic rings. The molecule has 10 nitrogen and oxygen atoms in total. The Morgan fingerprint density at radius 2 is 1.83 bits per heavy atom. The molecule has 3 N–H and O–H groups in total. The number of hydrogen-bond acceptors (Lipinski definition) is 6. The number of nitrogens with zero attached hydrogens (tertiary/aromatic N) is 1. The molecule has 0 bridgehead atoms. The van der Waals surface area contributed by atoms with Crippen molar-refractivity contribution in [1.29, 1.82) is 0 Å². The predicted octanol–water partition coefficient (Wildman–Crippen LogP) is 2.88. The van der Waals surface area contributed by atoms with Crippen molar-refractivity contribution in [3.05, 3.63) is 69.4 Å². The zero-order chi connectivity index (χ0) is 21.8. The standard InChI is InChI=1S/C20H20N4O6/c1-11-17(19(25)22-12-4-6-13(7-5-12)24(27)28)18(23-20(26)21-11)15-9-8-14(29-2)10-16(15)30-3/h4-10,18H,1-3H3,(H,22,25)(H2,21,23,26)/t18-/m1/s1. The highest BCUT2D eigenvalue weighted by atomic mass is 16.6. The number of nitro groups is 1. The van der Waals surface area contributed by atoms with Gasteiger partial charge in [-0.15, -0.1) is 0 Å². The van der Waals surface area contributed by atoms with E-state index in [0.29, 0.717) is 28.4 Å². The van der Waals surface area contributed by atoms with Gasteiger partial charge >= 0.3 is 6.03 Å². The van der Waals surface area contributed by atoms with Gasteiger partial charge in [0.25, 0.3) is 11.6 Å². The fourth-order valence-corrected chi connectivity index (χ4v) is 3.15. The molecule has 0 saturated carbocycles. The smallest absolute Gasteiger partial charge is 0.319 e. The van der Waals surface area contributed by atoms with Crippen LogP contribution in [0.1, 0.15) is 18.5 Å². The van der Waals surface area contributed by atoms with Crippen LogP contribution in [-0.4, -0.2) is 31.1 Å². The molecule has 0 saturated heterocycles. The first kappa shape index (κ1) is 20.6. The molecule has 1 atom stereocenters. The Labute approximate surface area is 172 Å². The van der Waals surface area contributed by atoms with Gasteiger partial charge in [-0.25, -0.2) is 4.79 Å². The number of methoxy groups -OCH3 is 2. The number of anilines is 1. The number of rotatable bonds is 6. The number of nitro benzene ring substituents is 1. The van der Waals surface area contributed by atoms with Crippen LogP contribution in [0.4, 0.5) is 16.2 Å². The van der Waals surface area contributed by atoms with Gasteiger partial charge in [-0.1, -0.05) is 0 Å². The molecule has 3 amide bonds. The van der Waals surface area contributed by atoms with Crippen molar-refractivity contribution in [3.8, 4) is 11.5 Å². The van der Waals surface area contributed by atoms with E-state index >= 15 is 0 Å². The lowest BCUT2D eigenvalue weighted by molar-refractivity contribution is -0.384. The van der Waals surface area contributed by atoms with Crippen molar-refractivity contribution in [2.45, 2.75) is 13.0 Å². The maximum atomic E-state index is 13.1. The molecule has 1 aliphatic heterocycles. The van der Waals surface area contributed by atoms with E-state index in [1.807, 2.05) is 0 Å². The van der Waals surface area contributed by atoms with Crippen LogP contribution in [0.3, 0.4) is 0 Å². The van der Waals surface area contributed by atoms with E-state index in [1.54, 1.807) is 25.1 Å². The van der Waals surface area contributed by atoms with Gasteiger partial charge < -0.3 is 25.4 Å². The topological polar surface area (TPSA) is 132 Å². The van der Waals surface area contributed by atoms with Crippen molar-refractivity contribution < 1.29 is 24.0 Å². The summed E-state index contributed by atoms with van der Waals surface area (Å²) in [4.78, 5) is 35.4. The van der Waals surface area contributed by atoms with Gasteiger partial charge in [0.05, 0.1) is 30.8 Å². The Bertz CT molecular complexity index is 1030. The summed E-state index contributed by atoms with van der Waals surface area (Å²) in [6.45, 7) is 1.62. The largest absolute Gasteiger partial charge is 0.497 e. The first-order valence-corrected chi connectivity index (χ1v) is 8.90. The molecule has 2 aromatic carbocycles. The van der Waals surface area contributed by atoms with Gasteiger partial charge in [0.15, 0.2) is 0 Å². The van der Waals surface area contributed by atoms with Crippen LogP contribution < -0.4 is 25.4 Å². The lowest BCUT2D eigenvalue weighted by Crippen LogP contribution is -2.46. The third-order valence-electron chi connectivity index (χ3n) is 4.60. The Hall–Kier alpha value is -4.08. The first-order valence-electron chi connectivity index (χ1n) is 8.90. The average molecular weight is 412 g/mol. The summed E-state index contributed by atoms with van der Waals surface area (Å²) in [6.07, 6.45) is 0. The third kappa shape index (κ3) is 4.17. The second-order valence-electron chi connectivity index (χ2n) is 6.44. The number of allylic oxidation sites excluding steroid dienone is 1. The van der Waals surface area contributed by atoms with Gasteiger partial charge in [0.2, 0.25) is 0 Å². The number of non-ortho nitro benzene ring substituents is 1. The van der Waals surface area contributed by atoms with E-state index in [-0.39, 0.29) is 11.3 Å². The van der Waals surface area contributed by atoms with Crippen molar-refractivity contribution in [3.63, 3.8) is 0 Å². The molecule has 0 spiro atoms. The van der Waals surface area contributed by atoms with Crippen LogP contribution in [0.15, 0.2) is 53.7 Å². The molecule has 0 aromatic heterocycles. The molecule has 0 fully saturated rings. The van der Waals surface area contributed by atoms with Crippen molar-refractivity contribution in [2.24, 2.45) is 0 Å². The van der Waals surface area contributed by atoms with Crippen LogP contribution in [0.2, 0.25) is 0 Å². The molecule has 0 radical (unpaired) electrons. The number of carbonyl (C=O) groups excluding carboxylic acids is 2. The summed E-state index contributed by atoms with van der Waals surface area (Å²) in [5.74, 6) is 0.528. The number of hydrogen-bond donors (Lipinski definition) is 3. The summed E-state index contributed by atoms with van der Waals surface area (Å²) in [7, 11) is 3.00. The van der Waals surface area contributed by atoms with E-state index in [9.17, 15) is 19.7 Å². The molecule has 1 heterocycles. The van der Waals surface area contributed by atoms with Gasteiger partial charge in [0.1, 0.15) is 11.5 Å². The number of benzene rings is 2. The predicted molar refractivity (Wildman–Crippen MR) is 108 cm³/mol. The molecule has 0 unspecified atom stereocenters. The number of urea groups is 1. The number of amides is 3. The lowest BCUT2D eigenvalue weighted by Gasteiger charge is -2.29. The maximum Gasteiger partial charge on any atom is 0.319 e. The SMILES string of the molecule is COc1ccc([C@H]2NC(=O)NC(C)=C2C(=O)Nc2ccc([N+](=O)[O-])cc2)c(OC)c1. The molecular weight excluding hydrogens is 392 g/mol. The van der Waals surface area contributed by atoms with Gasteiger partial charge in [-0.2, -0.15) is 0 Å². The normalized spacial score (nSPS) is 15.7. The molecule has 156 valence electrons. The van der Waals surface area contributed by atoms with Crippen LogP contribution in [0.25, 0.3) is 0 Å². The van der Waals surface area contributed by atoms with Crippen molar-refractivity contribution in [1.82, 2.24) is 10.6 Å². The highest BCUT2D eigenvalue weighted by Gasteiger charge is 2.33. The van der Waals surface area contributed by atoms with E-state index < -0.39 is 22.9 Å². The Morgan fingerprint density at radius 1 is 1.13 bits per heavy atom. The Balaban J connectivity index is 1.95. The third-order valence-corrected chi connectivity index (χ3v) is 4.60. The molecule has 0 aliphatic carbocycles. The Kier molecular flexibility index (Phi) is 5.86. The average Bonchev–Trinajstić information content (AvgIpc) is 2.72. The van der Waals surface area contributed by atoms with E-state index in [2.05, 4.69) is 16.0 Å². The highest BCUT2D eigenvalue weighted by Crippen LogP contribution is 2.35. The summed E-state index contributed by atoms with van der Waals surface area (Å²) in [6, 6.07) is 9.29.